The second-order valence-electron chi connectivity index (χ2n) is 6.03. The Morgan fingerprint density at radius 3 is 2.74 bits per heavy atom. The van der Waals surface area contributed by atoms with E-state index in [1.165, 1.54) is 0 Å². The van der Waals surface area contributed by atoms with Crippen molar-refractivity contribution in [2.24, 2.45) is 7.05 Å². The molecule has 0 bridgehead atoms. The Balaban J connectivity index is 2.12. The fraction of sp³-hybridized carbons (Fsp3) is 0.412. The first-order valence-electron chi connectivity index (χ1n) is 7.70. The van der Waals surface area contributed by atoms with E-state index < -0.39 is 0 Å². The standard InChI is InChI=1S/C17H22N4O2/c1-19(2)8-5-9-21-17(22)16-14(11-18-21)13-10-12(23-4)6-7-15(13)20(16)3/h6-7,10-11H,5,8-9H2,1-4H3. The van der Waals surface area contributed by atoms with Crippen LogP contribution in [-0.4, -0.2) is 47.0 Å². The molecule has 0 aliphatic heterocycles. The number of rotatable bonds is 5. The lowest BCUT2D eigenvalue weighted by Gasteiger charge is -2.09. The van der Waals surface area contributed by atoms with Gasteiger partial charge in [-0.15, -0.1) is 0 Å². The van der Waals surface area contributed by atoms with E-state index in [9.17, 15) is 4.79 Å². The zero-order valence-corrected chi connectivity index (χ0v) is 14.0. The van der Waals surface area contributed by atoms with Crippen LogP contribution in [0.1, 0.15) is 6.42 Å². The third-order valence-corrected chi connectivity index (χ3v) is 4.18. The monoisotopic (exact) mass is 314 g/mol. The average Bonchev–Trinajstić information content (AvgIpc) is 2.82. The highest BCUT2D eigenvalue weighted by molar-refractivity contribution is 6.07. The van der Waals surface area contributed by atoms with Crippen LogP contribution in [0.5, 0.6) is 5.75 Å². The zero-order valence-electron chi connectivity index (χ0n) is 14.0. The number of methoxy groups -OCH3 is 1. The molecule has 0 saturated heterocycles. The lowest BCUT2D eigenvalue weighted by atomic mass is 10.2. The van der Waals surface area contributed by atoms with E-state index in [1.54, 1.807) is 18.0 Å². The molecule has 3 rings (SSSR count). The highest BCUT2D eigenvalue weighted by Gasteiger charge is 2.14. The molecule has 1 aromatic carbocycles. The molecular formula is C17H22N4O2. The van der Waals surface area contributed by atoms with Gasteiger partial charge in [-0.2, -0.15) is 5.10 Å². The SMILES string of the molecule is COc1ccc2c(c1)c1cnn(CCCN(C)C)c(=O)c1n2C. The first kappa shape index (κ1) is 15.6. The smallest absolute Gasteiger partial charge is 0.291 e. The van der Waals surface area contributed by atoms with Gasteiger partial charge in [0, 0.05) is 29.9 Å². The summed E-state index contributed by atoms with van der Waals surface area (Å²) in [5.41, 5.74) is 1.65. The Kier molecular flexibility index (Phi) is 4.09. The van der Waals surface area contributed by atoms with Crippen LogP contribution in [0.2, 0.25) is 0 Å². The van der Waals surface area contributed by atoms with Crippen LogP contribution in [0.25, 0.3) is 21.8 Å². The summed E-state index contributed by atoms with van der Waals surface area (Å²) in [6.07, 6.45) is 2.68. The van der Waals surface area contributed by atoms with Crippen molar-refractivity contribution in [3.05, 3.63) is 34.7 Å². The fourth-order valence-electron chi connectivity index (χ4n) is 2.97. The summed E-state index contributed by atoms with van der Waals surface area (Å²) in [6, 6.07) is 5.84. The van der Waals surface area contributed by atoms with Gasteiger partial charge >= 0.3 is 0 Å². The second-order valence-corrected chi connectivity index (χ2v) is 6.03. The Hall–Kier alpha value is -2.34. The minimum Gasteiger partial charge on any atom is -0.497 e. The van der Waals surface area contributed by atoms with Crippen LogP contribution in [0.15, 0.2) is 29.2 Å². The van der Waals surface area contributed by atoms with Gasteiger partial charge in [0.05, 0.1) is 13.3 Å². The van der Waals surface area contributed by atoms with E-state index in [0.29, 0.717) is 12.1 Å². The highest BCUT2D eigenvalue weighted by atomic mass is 16.5. The molecule has 3 aromatic rings. The zero-order chi connectivity index (χ0) is 16.6. The Morgan fingerprint density at radius 1 is 1.26 bits per heavy atom. The molecule has 0 spiro atoms. The maximum atomic E-state index is 12.8. The number of aryl methyl sites for hydroxylation is 2. The fourth-order valence-corrected chi connectivity index (χ4v) is 2.97. The summed E-state index contributed by atoms with van der Waals surface area (Å²) >= 11 is 0. The van der Waals surface area contributed by atoms with Gasteiger partial charge in [-0.25, -0.2) is 4.68 Å². The van der Waals surface area contributed by atoms with Gasteiger partial charge < -0.3 is 14.2 Å². The molecule has 6 heteroatoms. The predicted molar refractivity (Wildman–Crippen MR) is 92.2 cm³/mol. The lowest BCUT2D eigenvalue weighted by Crippen LogP contribution is -2.25. The molecule has 0 atom stereocenters. The summed E-state index contributed by atoms with van der Waals surface area (Å²) in [5, 5.41) is 6.22. The van der Waals surface area contributed by atoms with Crippen LogP contribution in [0, 0.1) is 0 Å². The Morgan fingerprint density at radius 2 is 2.04 bits per heavy atom. The van der Waals surface area contributed by atoms with Crippen molar-refractivity contribution in [3.63, 3.8) is 0 Å². The highest BCUT2D eigenvalue weighted by Crippen LogP contribution is 2.28. The van der Waals surface area contributed by atoms with E-state index in [0.717, 1.165) is 35.0 Å². The topological polar surface area (TPSA) is 52.3 Å². The molecule has 2 aromatic heterocycles. The van der Waals surface area contributed by atoms with Crippen molar-refractivity contribution in [2.75, 3.05) is 27.7 Å². The van der Waals surface area contributed by atoms with Gasteiger partial charge in [0.2, 0.25) is 0 Å². The maximum Gasteiger partial charge on any atom is 0.291 e. The molecule has 0 saturated carbocycles. The van der Waals surface area contributed by atoms with Crippen molar-refractivity contribution in [3.8, 4) is 5.75 Å². The first-order valence-corrected chi connectivity index (χ1v) is 7.70. The maximum absolute atomic E-state index is 12.8. The van der Waals surface area contributed by atoms with Crippen molar-refractivity contribution < 1.29 is 4.74 Å². The van der Waals surface area contributed by atoms with Gasteiger partial charge in [0.1, 0.15) is 11.3 Å². The molecule has 0 N–H and O–H groups in total. The van der Waals surface area contributed by atoms with Gasteiger partial charge in [-0.05, 0) is 45.3 Å². The summed E-state index contributed by atoms with van der Waals surface area (Å²) in [4.78, 5) is 14.9. The van der Waals surface area contributed by atoms with Gasteiger partial charge in [0.25, 0.3) is 5.56 Å². The summed E-state index contributed by atoms with van der Waals surface area (Å²) in [6.45, 7) is 1.55. The van der Waals surface area contributed by atoms with Crippen molar-refractivity contribution in [2.45, 2.75) is 13.0 Å². The largest absolute Gasteiger partial charge is 0.497 e. The Labute approximate surface area is 134 Å². The molecule has 6 nitrogen and oxygen atoms in total. The number of hydrogen-bond donors (Lipinski definition) is 0. The molecule has 122 valence electrons. The molecule has 0 aliphatic carbocycles. The Bertz CT molecular complexity index is 908. The van der Waals surface area contributed by atoms with E-state index in [4.69, 9.17) is 4.74 Å². The second kappa shape index (κ2) is 6.04. The third-order valence-electron chi connectivity index (χ3n) is 4.18. The number of aromatic nitrogens is 3. The lowest BCUT2D eigenvalue weighted by molar-refractivity contribution is 0.377. The van der Waals surface area contributed by atoms with Crippen LogP contribution in [0.3, 0.4) is 0 Å². The van der Waals surface area contributed by atoms with Crippen LogP contribution < -0.4 is 10.3 Å². The third kappa shape index (κ3) is 2.70. The molecule has 2 heterocycles. The molecule has 0 amide bonds. The predicted octanol–water partition coefficient (Wildman–Crippen LogP) is 1.85. The minimum absolute atomic E-state index is 0.0427. The quantitative estimate of drug-likeness (QED) is 0.721. The molecule has 0 unspecified atom stereocenters. The normalized spacial score (nSPS) is 11.7. The van der Waals surface area contributed by atoms with Gasteiger partial charge in [0.15, 0.2) is 0 Å². The van der Waals surface area contributed by atoms with Crippen LogP contribution >= 0.6 is 0 Å². The summed E-state index contributed by atoms with van der Waals surface area (Å²) in [7, 11) is 7.61. The van der Waals surface area contributed by atoms with Crippen molar-refractivity contribution in [1.82, 2.24) is 19.2 Å². The van der Waals surface area contributed by atoms with Crippen LogP contribution in [0.4, 0.5) is 0 Å². The van der Waals surface area contributed by atoms with E-state index in [1.807, 2.05) is 43.9 Å². The number of nitrogens with zero attached hydrogens (tertiary/aromatic N) is 4. The van der Waals surface area contributed by atoms with E-state index >= 15 is 0 Å². The molecule has 0 radical (unpaired) electrons. The summed E-state index contributed by atoms with van der Waals surface area (Å²) in [5.74, 6) is 0.778. The molecule has 0 fully saturated rings. The number of ether oxygens (including phenoxy) is 1. The first-order chi connectivity index (χ1) is 11.0. The van der Waals surface area contributed by atoms with Crippen molar-refractivity contribution in [1.29, 1.82) is 0 Å². The van der Waals surface area contributed by atoms with E-state index in [-0.39, 0.29) is 5.56 Å². The number of benzene rings is 1. The van der Waals surface area contributed by atoms with Gasteiger partial charge in [-0.1, -0.05) is 0 Å². The van der Waals surface area contributed by atoms with Crippen LogP contribution in [-0.2, 0) is 13.6 Å². The number of fused-ring (bicyclic) bond motifs is 3. The average molecular weight is 314 g/mol. The minimum atomic E-state index is -0.0427. The number of hydrogen-bond acceptors (Lipinski definition) is 4. The van der Waals surface area contributed by atoms with Crippen molar-refractivity contribution >= 4 is 21.8 Å². The summed E-state index contributed by atoms with van der Waals surface area (Å²) < 4.78 is 8.79. The molecule has 23 heavy (non-hydrogen) atoms. The van der Waals surface area contributed by atoms with Gasteiger partial charge in [-0.3, -0.25) is 4.79 Å². The molecular weight excluding hydrogens is 292 g/mol. The molecule has 0 aliphatic rings. The van der Waals surface area contributed by atoms with E-state index in [2.05, 4.69) is 10.00 Å².